The molecule has 0 radical (unpaired) electrons. The summed E-state index contributed by atoms with van der Waals surface area (Å²) in [5.74, 6) is -4.00. The molecule has 3 fully saturated rings. The highest BCUT2D eigenvalue weighted by Crippen LogP contribution is 2.41. The number of likely N-dealkylation sites (N-methyl/N-ethyl adjacent to an activating group) is 2. The molecule has 75 heavy (non-hydrogen) atoms. The summed E-state index contributed by atoms with van der Waals surface area (Å²) in [6.45, 7) is 19.3. The van der Waals surface area contributed by atoms with Crippen LogP contribution in [0, 0.1) is 17.8 Å². The van der Waals surface area contributed by atoms with Gasteiger partial charge in [0.05, 0.1) is 47.9 Å². The van der Waals surface area contributed by atoms with Gasteiger partial charge in [0.25, 0.3) is 0 Å². The Labute approximate surface area is 459 Å². The number of hydrogen-bond acceptors (Lipinski definition) is 19. The zero-order valence-electron chi connectivity index (χ0n) is 46.2. The number of thioether (sulfide) groups is 1. The van der Waals surface area contributed by atoms with Gasteiger partial charge in [-0.15, -0.1) is 11.8 Å². The first-order valence-electron chi connectivity index (χ1n) is 26.1. The SMILES string of the molecule is CCn1cc(C(=O)O)c(=O)c2ccc(SCCNCCC(=O)O[C@H]3[C@H](C)O[C@@H](O[C@H]4[C@@H](C)[C@@H](O[C@@H]5O[C@H](C)C[C@H](N(C)C)[C@H]5O)[C@](C)(O)C[C@@H](C)CN(C)[C@H](C)[C@@H](O)[C@](C)(O)[C@@H](I)OC(=O)[C@@H]4C)C[C@@]3(C)OC)cc21. The van der Waals surface area contributed by atoms with Gasteiger partial charge in [-0.3, -0.25) is 14.4 Å². The number of hydrogen-bond donors (Lipinski definition) is 6. The molecule has 0 spiro atoms. The summed E-state index contributed by atoms with van der Waals surface area (Å²) in [6, 6.07) is 4.41. The van der Waals surface area contributed by atoms with Crippen LogP contribution in [0.5, 0.6) is 0 Å². The number of aryl methyl sites for hydroxylation is 1. The lowest BCUT2D eigenvalue weighted by Gasteiger charge is -2.49. The van der Waals surface area contributed by atoms with Crippen molar-refractivity contribution in [3.05, 3.63) is 40.2 Å². The van der Waals surface area contributed by atoms with Crippen LogP contribution in [0.4, 0.5) is 0 Å². The molecule has 18 atom stereocenters. The van der Waals surface area contributed by atoms with Gasteiger partial charge in [-0.25, -0.2) is 4.79 Å². The van der Waals surface area contributed by atoms with E-state index >= 15 is 0 Å². The van der Waals surface area contributed by atoms with Gasteiger partial charge < -0.3 is 78.4 Å². The molecule has 3 aliphatic heterocycles. The summed E-state index contributed by atoms with van der Waals surface area (Å²) in [7, 11) is 7.06. The van der Waals surface area contributed by atoms with E-state index in [9.17, 15) is 44.7 Å². The van der Waals surface area contributed by atoms with E-state index < -0.39 is 111 Å². The van der Waals surface area contributed by atoms with Crippen molar-refractivity contribution in [2.45, 2.75) is 195 Å². The first-order valence-corrected chi connectivity index (χ1v) is 28.3. The molecule has 1 aromatic heterocycles. The van der Waals surface area contributed by atoms with Gasteiger partial charge in [0.2, 0.25) is 5.43 Å². The lowest BCUT2D eigenvalue weighted by molar-refractivity contribution is -0.318. The van der Waals surface area contributed by atoms with E-state index in [-0.39, 0.29) is 42.9 Å². The molecule has 0 aliphatic carbocycles. The zero-order chi connectivity index (χ0) is 56.1. The van der Waals surface area contributed by atoms with Gasteiger partial charge in [0.1, 0.15) is 29.0 Å². The van der Waals surface area contributed by atoms with Crippen molar-refractivity contribution in [3.8, 4) is 0 Å². The molecule has 3 aliphatic rings. The number of benzene rings is 1. The van der Waals surface area contributed by atoms with E-state index in [2.05, 4.69) is 5.32 Å². The second-order valence-corrected chi connectivity index (χ2v) is 24.3. The Kier molecular flexibility index (Phi) is 22.4. The molecule has 0 bridgehead atoms. The van der Waals surface area contributed by atoms with Crippen LogP contribution in [0.15, 0.2) is 34.1 Å². The number of carbonyl (C=O) groups is 3. The normalized spacial score (nSPS) is 37.9. The van der Waals surface area contributed by atoms with Gasteiger partial charge in [-0.05, 0) is 136 Å². The largest absolute Gasteiger partial charge is 0.477 e. The molecule has 0 saturated carbocycles. The minimum absolute atomic E-state index is 0.0432. The number of aromatic carboxylic acids is 1. The first kappa shape index (κ1) is 63.3. The lowest BCUT2D eigenvalue weighted by atomic mass is 9.77. The number of aromatic nitrogens is 1. The highest BCUT2D eigenvalue weighted by Gasteiger charge is 2.54. The molecule has 5 rings (SSSR count). The van der Waals surface area contributed by atoms with Crippen molar-refractivity contribution in [3.63, 3.8) is 0 Å². The Bertz CT molecular complexity index is 2310. The van der Waals surface area contributed by atoms with Gasteiger partial charge in [0.15, 0.2) is 22.8 Å². The number of rotatable bonds is 16. The number of methoxy groups -OCH3 is 1. The molecule has 4 heterocycles. The van der Waals surface area contributed by atoms with Gasteiger partial charge in [-0.1, -0.05) is 13.8 Å². The number of nitrogens with zero attached hydrogens (tertiary/aromatic N) is 3. The number of ether oxygens (including phenoxy) is 7. The number of alkyl halides is 1. The van der Waals surface area contributed by atoms with E-state index in [0.717, 1.165) is 4.90 Å². The number of aliphatic hydroxyl groups is 4. The summed E-state index contributed by atoms with van der Waals surface area (Å²) in [5, 5.41) is 60.8. The molecule has 0 amide bonds. The maximum atomic E-state index is 14.4. The molecule has 426 valence electrons. The summed E-state index contributed by atoms with van der Waals surface area (Å²) in [5.41, 5.74) is -4.80. The minimum Gasteiger partial charge on any atom is -0.477 e. The van der Waals surface area contributed by atoms with Gasteiger partial charge >= 0.3 is 17.9 Å². The summed E-state index contributed by atoms with van der Waals surface area (Å²) in [4.78, 5) is 57.0. The zero-order valence-corrected chi connectivity index (χ0v) is 49.2. The predicted molar refractivity (Wildman–Crippen MR) is 291 cm³/mol. The Morgan fingerprint density at radius 3 is 2.29 bits per heavy atom. The van der Waals surface area contributed by atoms with Crippen LogP contribution >= 0.6 is 34.4 Å². The standard InChI is InChI=1S/C53H85IN4O16S/c1-15-58-27-36(47(63)64)41(60)35-17-16-34(23-37(35)58)75-21-20-55-19-18-39(59)71-46-33(7)70-40(25-52(46,9)68-14)72-43-30(4)45(73-49-42(61)38(56(11)12)22-29(3)69-49)51(8,66)24-28(2)26-57(13)32(6)44(62)53(10,67)50(54)74-48(65)31(43)5/h16-17,23,27-33,38,40,42-46,49-50,55,61-62,66-67H,15,18-22,24-26H2,1-14H3,(H,63,64)/t28-,29-,30-,31-,32-,33+,38+,40+,42-,43+,44-,45-,46+,49+,50+,51-,52-,53+/m1/s1. The van der Waals surface area contributed by atoms with Crippen LogP contribution in [-0.4, -0.2) is 200 Å². The number of aliphatic hydroxyl groups excluding tert-OH is 2. The third-order valence-corrected chi connectivity index (χ3v) is 18.0. The number of pyridine rings is 1. The molecule has 0 unspecified atom stereocenters. The molecule has 3 saturated heterocycles. The van der Waals surface area contributed by atoms with E-state index in [0.29, 0.717) is 49.3 Å². The number of carboxylic acids is 1. The Balaban J connectivity index is 1.32. The number of fused-ring (bicyclic) bond motifs is 1. The molecular formula is C53H85IN4O16S. The minimum atomic E-state index is -1.88. The third-order valence-electron chi connectivity index (χ3n) is 15.5. The number of nitrogens with one attached hydrogen (secondary N) is 1. The van der Waals surface area contributed by atoms with Crippen molar-refractivity contribution in [1.82, 2.24) is 19.7 Å². The Morgan fingerprint density at radius 1 is 0.987 bits per heavy atom. The summed E-state index contributed by atoms with van der Waals surface area (Å²) >= 11 is 3.37. The Morgan fingerprint density at radius 2 is 1.67 bits per heavy atom. The van der Waals surface area contributed by atoms with Crippen LogP contribution in [0.3, 0.4) is 0 Å². The highest BCUT2D eigenvalue weighted by atomic mass is 127. The highest BCUT2D eigenvalue weighted by molar-refractivity contribution is 14.1. The monoisotopic (exact) mass is 1190 g/mol. The summed E-state index contributed by atoms with van der Waals surface area (Å²) < 4.78 is 45.1. The number of halogens is 1. The average molecular weight is 1190 g/mol. The maximum Gasteiger partial charge on any atom is 0.341 e. The van der Waals surface area contributed by atoms with Crippen molar-refractivity contribution in [2.24, 2.45) is 17.8 Å². The van der Waals surface area contributed by atoms with E-state index in [4.69, 9.17) is 33.2 Å². The quantitative estimate of drug-likeness (QED) is 0.0452. The van der Waals surface area contributed by atoms with Gasteiger partial charge in [-0.2, -0.15) is 0 Å². The molecule has 6 N–H and O–H groups in total. The van der Waals surface area contributed by atoms with Crippen molar-refractivity contribution >= 4 is 63.2 Å². The first-order chi connectivity index (χ1) is 35.0. The predicted octanol–water partition coefficient (Wildman–Crippen LogP) is 4.24. The van der Waals surface area contributed by atoms with Crippen LogP contribution in [-0.2, 0) is 49.3 Å². The second kappa shape index (κ2) is 26.6. The van der Waals surface area contributed by atoms with Gasteiger partial charge in [0, 0.05) is 79.9 Å². The molecule has 2 aromatic rings. The molecule has 1 aromatic carbocycles. The lowest BCUT2D eigenvalue weighted by Crippen LogP contribution is -2.61. The Hall–Kier alpha value is -2.56. The second-order valence-electron chi connectivity index (χ2n) is 22.0. The molecule has 20 nitrogen and oxygen atoms in total. The number of carboxylic acid groups (broad SMARTS) is 1. The maximum absolute atomic E-state index is 14.4. The fraction of sp³-hybridized carbons (Fsp3) is 0.774. The van der Waals surface area contributed by atoms with Crippen molar-refractivity contribution in [2.75, 3.05) is 53.6 Å². The van der Waals surface area contributed by atoms with Crippen molar-refractivity contribution in [1.29, 1.82) is 0 Å². The van der Waals surface area contributed by atoms with E-state index in [1.54, 1.807) is 70.0 Å². The fourth-order valence-electron chi connectivity index (χ4n) is 11.0. The van der Waals surface area contributed by atoms with E-state index in [1.165, 1.54) is 20.2 Å². The van der Waals surface area contributed by atoms with Crippen LogP contribution in [0.2, 0.25) is 0 Å². The topological polar surface area (TPSA) is 257 Å². The number of esters is 2. The number of cyclic esters (lactones) is 1. The summed E-state index contributed by atoms with van der Waals surface area (Å²) in [6.07, 6.45) is -6.70. The van der Waals surface area contributed by atoms with Crippen molar-refractivity contribution < 1.29 is 73.1 Å². The van der Waals surface area contributed by atoms with Crippen LogP contribution in [0.1, 0.15) is 105 Å². The number of carbonyl (C=O) groups excluding carboxylic acids is 2. The van der Waals surface area contributed by atoms with Crippen LogP contribution in [0.25, 0.3) is 10.9 Å². The average Bonchev–Trinajstić information content (AvgIpc) is 3.33. The molecule has 22 heteroatoms. The fourth-order valence-corrected chi connectivity index (χ4v) is 12.4. The van der Waals surface area contributed by atoms with E-state index in [1.807, 2.05) is 80.4 Å². The third kappa shape index (κ3) is 15.2. The van der Waals surface area contributed by atoms with Crippen LogP contribution < -0.4 is 10.7 Å². The smallest absolute Gasteiger partial charge is 0.341 e. The molecular weight excluding hydrogens is 1110 g/mol.